The number of rotatable bonds is 4. The van der Waals surface area contributed by atoms with Crippen molar-refractivity contribution in [2.45, 2.75) is 19.4 Å². The zero-order valence-electron chi connectivity index (χ0n) is 8.28. The number of halogens is 3. The van der Waals surface area contributed by atoms with Crippen LogP contribution in [0.3, 0.4) is 0 Å². The fourth-order valence-corrected chi connectivity index (χ4v) is 1.26. The number of anilines is 1. The lowest BCUT2D eigenvalue weighted by molar-refractivity contribution is -0.384. The number of nitro groups is 1. The van der Waals surface area contributed by atoms with E-state index in [1.54, 1.807) is 0 Å². The molecule has 7 heteroatoms. The van der Waals surface area contributed by atoms with E-state index >= 15 is 0 Å². The number of nitrogens with zero attached hydrogens (tertiary/aromatic N) is 1. The fourth-order valence-electron chi connectivity index (χ4n) is 1.09. The Morgan fingerprint density at radius 2 is 2.12 bits per heavy atom. The van der Waals surface area contributed by atoms with Gasteiger partial charge in [0.05, 0.1) is 11.0 Å². The summed E-state index contributed by atoms with van der Waals surface area (Å²) >= 11 is 5.63. The second-order valence-corrected chi connectivity index (χ2v) is 3.62. The highest BCUT2D eigenvalue weighted by Gasteiger charge is 2.20. The molecule has 1 atom stereocenters. The van der Waals surface area contributed by atoms with Crippen LogP contribution in [0.4, 0.5) is 20.2 Å². The predicted molar refractivity (Wildman–Crippen MR) is 57.2 cm³/mol. The van der Waals surface area contributed by atoms with Crippen molar-refractivity contribution in [3.63, 3.8) is 0 Å². The molecule has 0 aromatic heterocycles. The van der Waals surface area contributed by atoms with Gasteiger partial charge in [0.2, 0.25) is 0 Å². The van der Waals surface area contributed by atoms with Crippen molar-refractivity contribution in [3.05, 3.63) is 33.3 Å². The Balaban J connectivity index is 3.01. The molecule has 0 aliphatic heterocycles. The molecule has 4 nitrogen and oxygen atoms in total. The number of nitrogens with one attached hydrogen (secondary N) is 1. The van der Waals surface area contributed by atoms with Crippen molar-refractivity contribution in [2.24, 2.45) is 0 Å². The number of alkyl halides is 2. The monoisotopic (exact) mass is 250 g/mol. The van der Waals surface area contributed by atoms with E-state index in [9.17, 15) is 18.9 Å². The Labute approximate surface area is 95.4 Å². The second-order valence-electron chi connectivity index (χ2n) is 3.19. The van der Waals surface area contributed by atoms with Gasteiger partial charge in [-0.15, -0.1) is 0 Å². The molecule has 0 spiro atoms. The maximum Gasteiger partial charge on any atom is 0.292 e. The number of hydrogen-bond acceptors (Lipinski definition) is 3. The Bertz CT molecular complexity index is 401. The molecular weight excluding hydrogens is 242 g/mol. The normalized spacial score (nSPS) is 12.6. The third-order valence-electron chi connectivity index (χ3n) is 1.92. The molecule has 0 fully saturated rings. The standard InChI is InChI=1S/C9H9ClF2N2O2/c1-5(9(11)12)13-7-4-6(10)2-3-8(7)14(15)16/h2-5,9,13H,1H3. The first-order valence-electron chi connectivity index (χ1n) is 4.40. The zero-order valence-corrected chi connectivity index (χ0v) is 9.04. The Morgan fingerprint density at radius 3 is 2.62 bits per heavy atom. The molecule has 88 valence electrons. The fraction of sp³-hybridized carbons (Fsp3) is 0.333. The zero-order chi connectivity index (χ0) is 12.3. The number of hydrogen-bond donors (Lipinski definition) is 1. The Kier molecular flexibility index (Phi) is 4.00. The van der Waals surface area contributed by atoms with Crippen LogP contribution in [0.5, 0.6) is 0 Å². The minimum Gasteiger partial charge on any atom is -0.371 e. The van der Waals surface area contributed by atoms with Crippen LogP contribution in [0.2, 0.25) is 5.02 Å². The van der Waals surface area contributed by atoms with Gasteiger partial charge in [0, 0.05) is 11.1 Å². The maximum atomic E-state index is 12.3. The average Bonchev–Trinajstić information content (AvgIpc) is 2.16. The summed E-state index contributed by atoms with van der Waals surface area (Å²) in [6.45, 7) is 1.23. The van der Waals surface area contributed by atoms with Gasteiger partial charge in [-0.05, 0) is 19.1 Å². The molecule has 1 unspecified atom stereocenters. The van der Waals surface area contributed by atoms with Crippen molar-refractivity contribution in [3.8, 4) is 0 Å². The molecular formula is C9H9ClF2N2O2. The number of benzene rings is 1. The highest BCUT2D eigenvalue weighted by molar-refractivity contribution is 6.31. The van der Waals surface area contributed by atoms with Crippen molar-refractivity contribution in [1.29, 1.82) is 0 Å². The lowest BCUT2D eigenvalue weighted by Crippen LogP contribution is -2.24. The summed E-state index contributed by atoms with van der Waals surface area (Å²) in [6.07, 6.45) is -2.61. The van der Waals surface area contributed by atoms with E-state index in [1.165, 1.54) is 25.1 Å². The lowest BCUT2D eigenvalue weighted by atomic mass is 10.2. The molecule has 0 saturated heterocycles. The molecule has 0 aliphatic carbocycles. The first-order chi connectivity index (χ1) is 7.41. The van der Waals surface area contributed by atoms with E-state index < -0.39 is 17.4 Å². The van der Waals surface area contributed by atoms with Crippen LogP contribution in [-0.2, 0) is 0 Å². The highest BCUT2D eigenvalue weighted by atomic mass is 35.5. The molecule has 0 heterocycles. The maximum absolute atomic E-state index is 12.3. The SMILES string of the molecule is CC(Nc1cc(Cl)ccc1[N+](=O)[O-])C(F)F. The third kappa shape index (κ3) is 3.03. The third-order valence-corrected chi connectivity index (χ3v) is 2.15. The number of nitro benzene ring substituents is 1. The van der Waals surface area contributed by atoms with Gasteiger partial charge >= 0.3 is 0 Å². The summed E-state index contributed by atoms with van der Waals surface area (Å²) in [5.41, 5.74) is -0.290. The van der Waals surface area contributed by atoms with Gasteiger partial charge in [0.1, 0.15) is 5.69 Å². The van der Waals surface area contributed by atoms with E-state index in [2.05, 4.69) is 5.32 Å². The van der Waals surface area contributed by atoms with E-state index in [-0.39, 0.29) is 16.4 Å². The first kappa shape index (κ1) is 12.6. The molecule has 1 aromatic rings. The van der Waals surface area contributed by atoms with Crippen LogP contribution < -0.4 is 5.32 Å². The molecule has 0 saturated carbocycles. The van der Waals surface area contributed by atoms with Crippen LogP contribution in [0, 0.1) is 10.1 Å². The molecule has 1 N–H and O–H groups in total. The van der Waals surface area contributed by atoms with Crippen molar-refractivity contribution in [2.75, 3.05) is 5.32 Å². The summed E-state index contributed by atoms with van der Waals surface area (Å²) in [4.78, 5) is 9.96. The molecule has 1 aromatic carbocycles. The van der Waals surface area contributed by atoms with Crippen molar-refractivity contribution in [1.82, 2.24) is 0 Å². The molecule has 0 radical (unpaired) electrons. The second kappa shape index (κ2) is 5.07. The van der Waals surface area contributed by atoms with Crippen LogP contribution in [-0.4, -0.2) is 17.4 Å². The lowest BCUT2D eigenvalue weighted by Gasteiger charge is -2.14. The molecule has 1 rings (SSSR count). The van der Waals surface area contributed by atoms with Gasteiger partial charge in [0.15, 0.2) is 0 Å². The first-order valence-corrected chi connectivity index (χ1v) is 4.78. The minimum absolute atomic E-state index is 0.00898. The highest BCUT2D eigenvalue weighted by Crippen LogP contribution is 2.28. The quantitative estimate of drug-likeness (QED) is 0.659. The van der Waals surface area contributed by atoms with E-state index in [4.69, 9.17) is 11.6 Å². The van der Waals surface area contributed by atoms with Gasteiger partial charge in [0.25, 0.3) is 12.1 Å². The van der Waals surface area contributed by atoms with Gasteiger partial charge < -0.3 is 5.32 Å². The van der Waals surface area contributed by atoms with Crippen LogP contribution in [0.25, 0.3) is 0 Å². The topological polar surface area (TPSA) is 55.2 Å². The molecule has 0 aliphatic rings. The predicted octanol–water partition coefficient (Wildman–Crippen LogP) is 3.31. The van der Waals surface area contributed by atoms with Gasteiger partial charge in [-0.2, -0.15) is 0 Å². The molecule has 0 amide bonds. The van der Waals surface area contributed by atoms with Crippen LogP contribution >= 0.6 is 11.6 Å². The van der Waals surface area contributed by atoms with Gasteiger partial charge in [-0.1, -0.05) is 11.6 Å². The Hall–Kier alpha value is -1.43. The summed E-state index contributed by atoms with van der Waals surface area (Å²) in [6, 6.07) is 2.57. The van der Waals surface area contributed by atoms with E-state index in [1.807, 2.05) is 0 Å². The Morgan fingerprint density at radius 1 is 1.50 bits per heavy atom. The van der Waals surface area contributed by atoms with Gasteiger partial charge in [-0.25, -0.2) is 8.78 Å². The van der Waals surface area contributed by atoms with Crippen molar-refractivity contribution < 1.29 is 13.7 Å². The smallest absolute Gasteiger partial charge is 0.292 e. The van der Waals surface area contributed by atoms with Crippen molar-refractivity contribution >= 4 is 23.0 Å². The summed E-state index contributed by atoms with van der Waals surface area (Å²) in [5, 5.41) is 13.2. The van der Waals surface area contributed by atoms with Crippen LogP contribution in [0.1, 0.15) is 6.92 Å². The molecule has 0 bridgehead atoms. The largest absolute Gasteiger partial charge is 0.371 e. The summed E-state index contributed by atoms with van der Waals surface area (Å²) < 4.78 is 24.6. The van der Waals surface area contributed by atoms with Crippen LogP contribution in [0.15, 0.2) is 18.2 Å². The average molecular weight is 251 g/mol. The van der Waals surface area contributed by atoms with E-state index in [0.717, 1.165) is 0 Å². The molecule has 16 heavy (non-hydrogen) atoms. The summed E-state index contributed by atoms with van der Waals surface area (Å²) in [5.74, 6) is 0. The summed E-state index contributed by atoms with van der Waals surface area (Å²) in [7, 11) is 0. The van der Waals surface area contributed by atoms with Gasteiger partial charge in [-0.3, -0.25) is 10.1 Å². The minimum atomic E-state index is -2.61. The van der Waals surface area contributed by atoms with E-state index in [0.29, 0.717) is 0 Å².